The van der Waals surface area contributed by atoms with Crippen molar-refractivity contribution >= 4 is 38.7 Å². The summed E-state index contributed by atoms with van der Waals surface area (Å²) in [7, 11) is 0. The van der Waals surface area contributed by atoms with Crippen molar-refractivity contribution in [1.82, 2.24) is 14.8 Å². The lowest BCUT2D eigenvalue weighted by molar-refractivity contribution is 0.126. The number of para-hydroxylation sites is 1. The van der Waals surface area contributed by atoms with Crippen molar-refractivity contribution in [3.05, 3.63) is 46.9 Å². The summed E-state index contributed by atoms with van der Waals surface area (Å²) in [5.41, 5.74) is 0.838. The number of fused-ring (bicyclic) bond motifs is 1. The molecule has 4 rings (SSSR count). The summed E-state index contributed by atoms with van der Waals surface area (Å²) in [6.45, 7) is 2.08. The highest BCUT2D eigenvalue weighted by molar-refractivity contribution is 9.10. The Kier molecular flexibility index (Phi) is 5.90. The lowest BCUT2D eigenvalue weighted by atomic mass is 9.93. The van der Waals surface area contributed by atoms with E-state index in [2.05, 4.69) is 26.0 Å². The Morgan fingerprint density at radius 3 is 2.73 bits per heavy atom. The van der Waals surface area contributed by atoms with Gasteiger partial charge in [-0.15, -0.1) is 0 Å². The second-order valence-corrected chi connectivity index (χ2v) is 8.05. The van der Waals surface area contributed by atoms with Gasteiger partial charge in [-0.05, 0) is 60.7 Å². The van der Waals surface area contributed by atoms with Crippen LogP contribution in [-0.2, 0) is 0 Å². The van der Waals surface area contributed by atoms with Gasteiger partial charge in [-0.2, -0.15) is 5.10 Å². The van der Waals surface area contributed by atoms with Gasteiger partial charge < -0.3 is 9.84 Å². The van der Waals surface area contributed by atoms with Crippen molar-refractivity contribution in [2.24, 2.45) is 0 Å². The molecule has 0 spiro atoms. The van der Waals surface area contributed by atoms with Crippen molar-refractivity contribution in [2.45, 2.75) is 44.8 Å². The summed E-state index contributed by atoms with van der Waals surface area (Å²) in [5, 5.41) is 14.9. The van der Waals surface area contributed by atoms with Crippen molar-refractivity contribution in [3.63, 3.8) is 0 Å². The molecule has 30 heavy (non-hydrogen) atoms. The average Bonchev–Trinajstić information content (AvgIpc) is 3.07. The molecule has 1 amide bonds. The SMILES string of the molecule is CCN(C(=O)O)c1cc2c(cn1)c(Br)nn2[C@H]1CC[C@@H](Oc2ccccc2F)CC1. The molecule has 158 valence electrons. The largest absolute Gasteiger partial charge is 0.487 e. The number of hydrogen-bond donors (Lipinski definition) is 1. The van der Waals surface area contributed by atoms with E-state index in [-0.39, 0.29) is 23.7 Å². The lowest BCUT2D eigenvalue weighted by Gasteiger charge is -2.29. The second kappa shape index (κ2) is 8.59. The predicted molar refractivity (Wildman–Crippen MR) is 115 cm³/mol. The smallest absolute Gasteiger partial charge is 0.412 e. The van der Waals surface area contributed by atoms with Crippen molar-refractivity contribution in [1.29, 1.82) is 0 Å². The third-order valence-electron chi connectivity index (χ3n) is 5.48. The fraction of sp³-hybridized carbons (Fsp3) is 0.381. The van der Waals surface area contributed by atoms with E-state index in [1.54, 1.807) is 37.4 Å². The third kappa shape index (κ3) is 3.98. The standard InChI is InChI=1S/C21H22BrFN4O3/c1-2-26(21(28)29)19-11-17-15(12-24-19)20(22)25-27(17)13-7-9-14(10-8-13)30-18-6-4-3-5-16(18)23/h3-6,11-14H,2,7-10H2,1H3,(H,28,29)/t13-,14+. The molecule has 1 N–H and O–H groups in total. The Hall–Kier alpha value is -2.68. The van der Waals surface area contributed by atoms with Gasteiger partial charge in [0, 0.05) is 18.8 Å². The molecule has 2 heterocycles. The third-order valence-corrected chi connectivity index (χ3v) is 6.06. The molecule has 9 heteroatoms. The Labute approximate surface area is 181 Å². The predicted octanol–water partition coefficient (Wildman–Crippen LogP) is 5.40. The van der Waals surface area contributed by atoms with Crippen LogP contribution in [0.2, 0.25) is 0 Å². The van der Waals surface area contributed by atoms with E-state index in [1.165, 1.54) is 11.0 Å². The second-order valence-electron chi connectivity index (χ2n) is 7.30. The minimum atomic E-state index is -1.04. The van der Waals surface area contributed by atoms with E-state index >= 15 is 0 Å². The van der Waals surface area contributed by atoms with Crippen LogP contribution in [0.4, 0.5) is 15.0 Å². The molecule has 0 saturated heterocycles. The molecule has 1 aromatic carbocycles. The molecule has 0 radical (unpaired) electrons. The number of rotatable bonds is 5. The van der Waals surface area contributed by atoms with Crippen molar-refractivity contribution in [3.8, 4) is 5.75 Å². The Morgan fingerprint density at radius 1 is 1.33 bits per heavy atom. The summed E-state index contributed by atoms with van der Waals surface area (Å²) in [5.74, 6) is 0.320. The molecule has 1 aliphatic rings. The topological polar surface area (TPSA) is 80.5 Å². The molecule has 3 aromatic rings. The van der Waals surface area contributed by atoms with Gasteiger partial charge in [0.1, 0.15) is 10.4 Å². The van der Waals surface area contributed by atoms with Crippen LogP contribution in [0.1, 0.15) is 38.6 Å². The monoisotopic (exact) mass is 476 g/mol. The fourth-order valence-corrected chi connectivity index (χ4v) is 4.41. The molecule has 1 aliphatic carbocycles. The number of pyridine rings is 1. The highest BCUT2D eigenvalue weighted by atomic mass is 79.9. The van der Waals surface area contributed by atoms with Crippen LogP contribution in [0, 0.1) is 5.82 Å². The zero-order valence-electron chi connectivity index (χ0n) is 16.5. The van der Waals surface area contributed by atoms with Gasteiger partial charge in [-0.3, -0.25) is 9.58 Å². The summed E-state index contributed by atoms with van der Waals surface area (Å²) < 4.78 is 22.3. The molecule has 0 unspecified atom stereocenters. The molecule has 1 saturated carbocycles. The minimum Gasteiger partial charge on any atom is -0.487 e. The first-order chi connectivity index (χ1) is 14.5. The highest BCUT2D eigenvalue weighted by Gasteiger charge is 2.27. The number of ether oxygens (including phenoxy) is 1. The van der Waals surface area contributed by atoms with E-state index in [0.29, 0.717) is 17.0 Å². The number of benzene rings is 1. The number of anilines is 1. The number of carboxylic acid groups (broad SMARTS) is 1. The summed E-state index contributed by atoms with van der Waals surface area (Å²) >= 11 is 3.49. The van der Waals surface area contributed by atoms with Gasteiger partial charge >= 0.3 is 6.09 Å². The maximum absolute atomic E-state index is 13.9. The minimum absolute atomic E-state index is 0.0387. The van der Waals surface area contributed by atoms with E-state index in [0.717, 1.165) is 36.6 Å². The molecule has 0 atom stereocenters. The van der Waals surface area contributed by atoms with Gasteiger partial charge in [0.05, 0.1) is 23.0 Å². The average molecular weight is 477 g/mol. The van der Waals surface area contributed by atoms with Crippen molar-refractivity contribution in [2.75, 3.05) is 11.4 Å². The fourth-order valence-electron chi connectivity index (χ4n) is 3.93. The van der Waals surface area contributed by atoms with Crippen LogP contribution in [0.25, 0.3) is 10.9 Å². The highest BCUT2D eigenvalue weighted by Crippen LogP contribution is 2.35. The Morgan fingerprint density at radius 2 is 2.07 bits per heavy atom. The molecule has 7 nitrogen and oxygen atoms in total. The Balaban J connectivity index is 1.54. The van der Waals surface area contributed by atoms with Gasteiger partial charge in [-0.25, -0.2) is 14.2 Å². The van der Waals surface area contributed by atoms with E-state index in [1.807, 2.05) is 4.68 Å². The molecule has 0 aliphatic heterocycles. The van der Waals surface area contributed by atoms with E-state index in [4.69, 9.17) is 4.74 Å². The van der Waals surface area contributed by atoms with Crippen LogP contribution in [-0.4, -0.2) is 38.6 Å². The molecule has 2 aromatic heterocycles. The molecular weight excluding hydrogens is 455 g/mol. The first-order valence-electron chi connectivity index (χ1n) is 9.93. The van der Waals surface area contributed by atoms with Crippen molar-refractivity contribution < 1.29 is 19.0 Å². The van der Waals surface area contributed by atoms with Gasteiger partial charge in [-0.1, -0.05) is 12.1 Å². The van der Waals surface area contributed by atoms with Crippen LogP contribution in [0.3, 0.4) is 0 Å². The number of hydrogen-bond acceptors (Lipinski definition) is 4. The summed E-state index contributed by atoms with van der Waals surface area (Å²) in [6, 6.07) is 8.38. The lowest BCUT2D eigenvalue weighted by Crippen LogP contribution is -2.29. The van der Waals surface area contributed by atoms with Crippen LogP contribution >= 0.6 is 15.9 Å². The Bertz CT molecular complexity index is 1070. The number of carbonyl (C=O) groups is 1. The summed E-state index contributed by atoms with van der Waals surface area (Å²) in [4.78, 5) is 17.0. The number of nitrogens with zero attached hydrogens (tertiary/aromatic N) is 4. The molecular formula is C21H22BrFN4O3. The van der Waals surface area contributed by atoms with Crippen LogP contribution in [0.5, 0.6) is 5.75 Å². The normalized spacial score (nSPS) is 19.0. The van der Waals surface area contributed by atoms with Crippen LogP contribution in [0.15, 0.2) is 41.1 Å². The molecule has 0 bridgehead atoms. The number of aromatic nitrogens is 3. The molecule has 1 fully saturated rings. The summed E-state index contributed by atoms with van der Waals surface area (Å²) in [6.07, 6.45) is 3.80. The van der Waals surface area contributed by atoms with Crippen LogP contribution < -0.4 is 9.64 Å². The van der Waals surface area contributed by atoms with Gasteiger partial charge in [0.2, 0.25) is 0 Å². The maximum Gasteiger partial charge on any atom is 0.412 e. The first-order valence-corrected chi connectivity index (χ1v) is 10.7. The van der Waals surface area contributed by atoms with Gasteiger partial charge in [0.15, 0.2) is 11.6 Å². The first kappa shape index (κ1) is 20.6. The van der Waals surface area contributed by atoms with Gasteiger partial charge in [0.25, 0.3) is 0 Å². The van der Waals surface area contributed by atoms with E-state index in [9.17, 15) is 14.3 Å². The van der Waals surface area contributed by atoms with E-state index < -0.39 is 6.09 Å². The zero-order valence-corrected chi connectivity index (χ0v) is 18.0. The quantitative estimate of drug-likeness (QED) is 0.532. The number of halogens is 2. The zero-order chi connectivity index (χ0) is 21.3. The maximum atomic E-state index is 13.9. The number of amides is 1.